The van der Waals surface area contributed by atoms with Gasteiger partial charge in [0.15, 0.2) is 23.3 Å². The molecular weight excluding hydrogens is 619 g/mol. The van der Waals surface area contributed by atoms with Gasteiger partial charge in [-0.05, 0) is 35.4 Å². The van der Waals surface area contributed by atoms with Crippen LogP contribution in [0.15, 0.2) is 164 Å². The Hall–Kier alpha value is -6.37. The molecule has 0 fully saturated rings. The summed E-state index contributed by atoms with van der Waals surface area (Å²) >= 11 is 1.70. The average Bonchev–Trinajstić information content (AvgIpc) is 3.57. The van der Waals surface area contributed by atoms with Crippen LogP contribution in [-0.2, 0) is 0 Å². The van der Waals surface area contributed by atoms with Crippen molar-refractivity contribution in [2.45, 2.75) is 0 Å². The maximum atomic E-state index is 5.31. The van der Waals surface area contributed by atoms with Gasteiger partial charge in [-0.3, -0.25) is 0 Å². The van der Waals surface area contributed by atoms with Crippen LogP contribution >= 0.6 is 11.3 Å². The molecule has 0 amide bonds. The number of hydrogen-bond donors (Lipinski definition) is 0. The highest BCUT2D eigenvalue weighted by molar-refractivity contribution is 7.25. The van der Waals surface area contributed by atoms with Gasteiger partial charge in [-0.2, -0.15) is 0 Å². The number of aromatic nitrogens is 5. The van der Waals surface area contributed by atoms with Crippen molar-refractivity contribution in [2.75, 3.05) is 0 Å². The van der Waals surface area contributed by atoms with Crippen LogP contribution in [0.25, 0.3) is 88.2 Å². The monoisotopic (exact) mass is 645 g/mol. The minimum atomic E-state index is 0.581. The van der Waals surface area contributed by atoms with Crippen molar-refractivity contribution in [2.24, 2.45) is 0 Å². The standard InChI is InChI=1S/C43H27N5S/c1-5-15-28(16-6-1)32-25-33(41-44-38(29-17-7-2-8-18-29)37-35-23-13-14-24-36(35)49-43(37)48-41)27-34(26-32)42-46-39(30-19-9-3-10-20-30)45-40(47-42)31-21-11-4-12-22-31/h1-27H. The van der Waals surface area contributed by atoms with Crippen LogP contribution < -0.4 is 0 Å². The van der Waals surface area contributed by atoms with E-state index in [9.17, 15) is 0 Å². The van der Waals surface area contributed by atoms with Gasteiger partial charge in [-0.15, -0.1) is 11.3 Å². The second-order valence-corrected chi connectivity index (χ2v) is 12.8. The molecule has 6 aromatic carbocycles. The van der Waals surface area contributed by atoms with E-state index in [1.165, 1.54) is 10.1 Å². The van der Waals surface area contributed by atoms with E-state index in [0.29, 0.717) is 23.3 Å². The normalized spacial score (nSPS) is 11.3. The third kappa shape index (κ3) is 5.54. The molecule has 0 bridgehead atoms. The van der Waals surface area contributed by atoms with Crippen LogP contribution in [0, 0.1) is 0 Å². The zero-order chi connectivity index (χ0) is 32.6. The molecule has 0 radical (unpaired) electrons. The Morgan fingerprint density at radius 3 is 1.33 bits per heavy atom. The lowest BCUT2D eigenvalue weighted by molar-refractivity contribution is 1.07. The van der Waals surface area contributed by atoms with E-state index in [1.807, 2.05) is 72.8 Å². The first-order valence-corrected chi connectivity index (χ1v) is 16.9. The second-order valence-electron chi connectivity index (χ2n) is 11.7. The summed E-state index contributed by atoms with van der Waals surface area (Å²) in [6, 6.07) is 55.7. The Morgan fingerprint density at radius 1 is 0.327 bits per heavy atom. The maximum absolute atomic E-state index is 5.31. The van der Waals surface area contributed by atoms with E-state index in [4.69, 9.17) is 24.9 Å². The Balaban J connectivity index is 1.30. The summed E-state index contributed by atoms with van der Waals surface area (Å²) in [5.74, 6) is 2.46. The molecule has 230 valence electrons. The number of rotatable bonds is 6. The Kier molecular flexibility index (Phi) is 7.26. The van der Waals surface area contributed by atoms with Crippen LogP contribution in [0.4, 0.5) is 0 Å². The van der Waals surface area contributed by atoms with Crippen molar-refractivity contribution in [3.8, 4) is 67.9 Å². The SMILES string of the molecule is c1ccc(-c2cc(-c3nc(-c4ccccc4)nc(-c4ccccc4)n3)cc(-c3nc(-c4ccccc4)c4c(n3)sc3ccccc34)c2)cc1. The van der Waals surface area contributed by atoms with E-state index >= 15 is 0 Å². The number of hydrogen-bond acceptors (Lipinski definition) is 6. The first-order valence-electron chi connectivity index (χ1n) is 16.1. The highest BCUT2D eigenvalue weighted by Crippen LogP contribution is 2.40. The number of benzene rings is 6. The van der Waals surface area contributed by atoms with Gasteiger partial charge in [-0.25, -0.2) is 24.9 Å². The van der Waals surface area contributed by atoms with E-state index in [1.54, 1.807) is 11.3 Å². The first-order chi connectivity index (χ1) is 24.3. The van der Waals surface area contributed by atoms with Crippen LogP contribution in [0.2, 0.25) is 0 Å². The lowest BCUT2D eigenvalue weighted by atomic mass is 9.98. The van der Waals surface area contributed by atoms with Crippen molar-refractivity contribution in [3.05, 3.63) is 164 Å². The molecule has 49 heavy (non-hydrogen) atoms. The van der Waals surface area contributed by atoms with Gasteiger partial charge in [0.05, 0.1) is 5.69 Å². The van der Waals surface area contributed by atoms with Crippen LogP contribution in [0.3, 0.4) is 0 Å². The lowest BCUT2D eigenvalue weighted by Gasteiger charge is -2.13. The average molecular weight is 646 g/mol. The molecule has 0 aliphatic rings. The molecule has 3 heterocycles. The number of nitrogens with zero attached hydrogens (tertiary/aromatic N) is 5. The molecule has 3 aromatic heterocycles. The molecular formula is C43H27N5S. The fraction of sp³-hybridized carbons (Fsp3) is 0. The van der Waals surface area contributed by atoms with E-state index in [2.05, 4.69) is 91.0 Å². The molecule has 0 saturated carbocycles. The van der Waals surface area contributed by atoms with Crippen molar-refractivity contribution >= 4 is 31.6 Å². The summed E-state index contributed by atoms with van der Waals surface area (Å²) in [4.78, 5) is 26.5. The van der Waals surface area contributed by atoms with Gasteiger partial charge in [0.25, 0.3) is 0 Å². The summed E-state index contributed by atoms with van der Waals surface area (Å²) in [5.41, 5.74) is 7.67. The lowest BCUT2D eigenvalue weighted by Crippen LogP contribution is -2.01. The second kappa shape index (κ2) is 12.3. The smallest absolute Gasteiger partial charge is 0.164 e. The van der Waals surface area contributed by atoms with Gasteiger partial charge in [-0.1, -0.05) is 140 Å². The van der Waals surface area contributed by atoms with Crippen LogP contribution in [0.5, 0.6) is 0 Å². The molecule has 0 atom stereocenters. The zero-order valence-corrected chi connectivity index (χ0v) is 27.0. The molecule has 0 aliphatic heterocycles. The highest BCUT2D eigenvalue weighted by atomic mass is 32.1. The molecule has 0 N–H and O–H groups in total. The molecule has 0 aliphatic carbocycles. The minimum absolute atomic E-state index is 0.581. The van der Waals surface area contributed by atoms with Gasteiger partial charge >= 0.3 is 0 Å². The Bertz CT molecular complexity index is 2530. The molecule has 9 aromatic rings. The molecule has 0 spiro atoms. The largest absolute Gasteiger partial charge is 0.227 e. The number of thiophene rings is 1. The van der Waals surface area contributed by atoms with Crippen LogP contribution in [-0.4, -0.2) is 24.9 Å². The zero-order valence-electron chi connectivity index (χ0n) is 26.2. The third-order valence-electron chi connectivity index (χ3n) is 8.54. The molecule has 0 saturated heterocycles. The van der Waals surface area contributed by atoms with Gasteiger partial charge in [0.1, 0.15) is 4.83 Å². The quantitative estimate of drug-likeness (QED) is 0.180. The summed E-state index contributed by atoms with van der Waals surface area (Å²) in [5, 5.41) is 2.24. The number of fused-ring (bicyclic) bond motifs is 3. The van der Waals surface area contributed by atoms with E-state index in [0.717, 1.165) is 54.9 Å². The summed E-state index contributed by atoms with van der Waals surface area (Å²) in [6.07, 6.45) is 0. The fourth-order valence-corrected chi connectivity index (χ4v) is 7.25. The van der Waals surface area contributed by atoms with E-state index in [-0.39, 0.29) is 0 Å². The molecule has 6 heteroatoms. The topological polar surface area (TPSA) is 64.5 Å². The fourth-order valence-electron chi connectivity index (χ4n) is 6.18. The Labute approximate surface area is 287 Å². The van der Waals surface area contributed by atoms with Crippen molar-refractivity contribution < 1.29 is 0 Å². The van der Waals surface area contributed by atoms with Gasteiger partial charge in [0, 0.05) is 43.3 Å². The first kappa shape index (κ1) is 28.8. The molecule has 0 unspecified atom stereocenters. The van der Waals surface area contributed by atoms with Crippen LogP contribution in [0.1, 0.15) is 0 Å². The summed E-state index contributed by atoms with van der Waals surface area (Å²) in [6.45, 7) is 0. The molecule has 5 nitrogen and oxygen atoms in total. The van der Waals surface area contributed by atoms with Gasteiger partial charge in [0.2, 0.25) is 0 Å². The minimum Gasteiger partial charge on any atom is -0.227 e. The Morgan fingerprint density at radius 2 is 0.755 bits per heavy atom. The summed E-state index contributed by atoms with van der Waals surface area (Å²) in [7, 11) is 0. The van der Waals surface area contributed by atoms with Crippen molar-refractivity contribution in [3.63, 3.8) is 0 Å². The molecule has 9 rings (SSSR count). The third-order valence-corrected chi connectivity index (χ3v) is 9.61. The van der Waals surface area contributed by atoms with Crippen molar-refractivity contribution in [1.29, 1.82) is 0 Å². The highest BCUT2D eigenvalue weighted by Gasteiger charge is 2.19. The predicted molar refractivity (Wildman–Crippen MR) is 201 cm³/mol. The van der Waals surface area contributed by atoms with Crippen molar-refractivity contribution in [1.82, 2.24) is 24.9 Å². The maximum Gasteiger partial charge on any atom is 0.164 e. The summed E-state index contributed by atoms with van der Waals surface area (Å²) < 4.78 is 1.19. The van der Waals surface area contributed by atoms with E-state index < -0.39 is 0 Å². The van der Waals surface area contributed by atoms with Gasteiger partial charge < -0.3 is 0 Å². The predicted octanol–water partition coefficient (Wildman–Crippen LogP) is 11.0.